The highest BCUT2D eigenvalue weighted by molar-refractivity contribution is 6.30. The third kappa shape index (κ3) is 3.45. The number of carbonyl (C=O) groups excluding carboxylic acids is 1. The molecule has 2 aromatic rings. The second-order valence-corrected chi connectivity index (χ2v) is 5.75. The van der Waals surface area contributed by atoms with E-state index in [0.29, 0.717) is 41.9 Å². The van der Waals surface area contributed by atoms with Crippen LogP contribution in [0.3, 0.4) is 0 Å². The molecule has 6 nitrogen and oxygen atoms in total. The fourth-order valence-corrected chi connectivity index (χ4v) is 2.70. The number of piperazine rings is 1. The molecule has 0 aliphatic carbocycles. The molecule has 1 fully saturated rings. The Labute approximate surface area is 133 Å². The SMILES string of the molecule is Cc1noc(CN2CCN(C(=O)c3cccc(Cl)c3)CC2)n1. The number of carbonyl (C=O) groups is 1. The zero-order chi connectivity index (χ0) is 15.5. The Hall–Kier alpha value is -1.92. The van der Waals surface area contributed by atoms with Gasteiger partial charge < -0.3 is 9.42 Å². The van der Waals surface area contributed by atoms with Crippen LogP contribution in [0.5, 0.6) is 0 Å². The highest BCUT2D eigenvalue weighted by atomic mass is 35.5. The number of rotatable bonds is 3. The molecule has 3 rings (SSSR count). The quantitative estimate of drug-likeness (QED) is 0.865. The van der Waals surface area contributed by atoms with Gasteiger partial charge in [-0.2, -0.15) is 4.98 Å². The van der Waals surface area contributed by atoms with Gasteiger partial charge in [0, 0.05) is 36.8 Å². The van der Waals surface area contributed by atoms with Crippen LogP contribution >= 0.6 is 11.6 Å². The molecule has 7 heteroatoms. The first-order chi connectivity index (χ1) is 10.6. The standard InChI is InChI=1S/C15H17ClN4O2/c1-11-17-14(22-18-11)10-19-5-7-20(8-6-19)15(21)12-3-2-4-13(16)9-12/h2-4,9H,5-8,10H2,1H3. The molecule has 2 heterocycles. The molecule has 116 valence electrons. The lowest BCUT2D eigenvalue weighted by Crippen LogP contribution is -2.48. The van der Waals surface area contributed by atoms with Crippen LogP contribution in [0.2, 0.25) is 5.02 Å². The first kappa shape index (κ1) is 15.0. The highest BCUT2D eigenvalue weighted by Crippen LogP contribution is 2.14. The summed E-state index contributed by atoms with van der Waals surface area (Å²) in [6.07, 6.45) is 0. The molecule has 1 saturated heterocycles. The number of hydrogen-bond donors (Lipinski definition) is 0. The van der Waals surface area contributed by atoms with E-state index in [1.165, 1.54) is 0 Å². The van der Waals surface area contributed by atoms with E-state index in [9.17, 15) is 4.79 Å². The van der Waals surface area contributed by atoms with Gasteiger partial charge in [0.05, 0.1) is 6.54 Å². The number of nitrogens with zero attached hydrogens (tertiary/aromatic N) is 4. The van der Waals surface area contributed by atoms with Crippen LogP contribution in [0.15, 0.2) is 28.8 Å². The van der Waals surface area contributed by atoms with Crippen LogP contribution in [0.4, 0.5) is 0 Å². The molecule has 0 spiro atoms. The van der Waals surface area contributed by atoms with Gasteiger partial charge in [0.25, 0.3) is 5.91 Å². The van der Waals surface area contributed by atoms with Crippen molar-refractivity contribution in [2.75, 3.05) is 26.2 Å². The molecule has 0 atom stereocenters. The average Bonchev–Trinajstić information content (AvgIpc) is 2.92. The number of halogens is 1. The van der Waals surface area contributed by atoms with Crippen LogP contribution < -0.4 is 0 Å². The Morgan fingerprint density at radius 2 is 2.09 bits per heavy atom. The maximum absolute atomic E-state index is 12.4. The summed E-state index contributed by atoms with van der Waals surface area (Å²) >= 11 is 5.94. The predicted octanol–water partition coefficient (Wildman–Crippen LogP) is 1.99. The largest absolute Gasteiger partial charge is 0.338 e. The van der Waals surface area contributed by atoms with E-state index in [1.807, 2.05) is 4.90 Å². The highest BCUT2D eigenvalue weighted by Gasteiger charge is 2.23. The number of benzene rings is 1. The number of hydrogen-bond acceptors (Lipinski definition) is 5. The predicted molar refractivity (Wildman–Crippen MR) is 81.7 cm³/mol. The minimum absolute atomic E-state index is 0.0239. The van der Waals surface area contributed by atoms with E-state index in [-0.39, 0.29) is 5.91 Å². The molecule has 0 N–H and O–H groups in total. The normalized spacial score (nSPS) is 16.0. The molecule has 0 unspecified atom stereocenters. The third-order valence-electron chi connectivity index (χ3n) is 3.66. The van der Waals surface area contributed by atoms with Gasteiger partial charge in [0.1, 0.15) is 0 Å². The van der Waals surface area contributed by atoms with E-state index in [2.05, 4.69) is 15.0 Å². The molecule has 1 aliphatic heterocycles. The number of aromatic nitrogens is 2. The monoisotopic (exact) mass is 320 g/mol. The number of aryl methyl sites for hydroxylation is 1. The van der Waals surface area contributed by atoms with Gasteiger partial charge in [0.2, 0.25) is 5.89 Å². The Kier molecular flexibility index (Phi) is 4.40. The van der Waals surface area contributed by atoms with Crippen LogP contribution in [0, 0.1) is 6.92 Å². The van der Waals surface area contributed by atoms with Gasteiger partial charge >= 0.3 is 0 Å². The van der Waals surface area contributed by atoms with Gasteiger partial charge in [-0.05, 0) is 25.1 Å². The maximum atomic E-state index is 12.4. The van der Waals surface area contributed by atoms with Crippen LogP contribution in [0.25, 0.3) is 0 Å². The zero-order valence-corrected chi connectivity index (χ0v) is 13.1. The minimum atomic E-state index is 0.0239. The maximum Gasteiger partial charge on any atom is 0.253 e. The lowest BCUT2D eigenvalue weighted by atomic mass is 10.2. The lowest BCUT2D eigenvalue weighted by molar-refractivity contribution is 0.0615. The van der Waals surface area contributed by atoms with E-state index in [4.69, 9.17) is 16.1 Å². The summed E-state index contributed by atoms with van der Waals surface area (Å²) in [5.74, 6) is 1.28. The van der Waals surface area contributed by atoms with Gasteiger partial charge in [-0.15, -0.1) is 0 Å². The van der Waals surface area contributed by atoms with Gasteiger partial charge in [-0.1, -0.05) is 22.8 Å². The number of amides is 1. The van der Waals surface area contributed by atoms with Crippen LogP contribution in [-0.2, 0) is 6.54 Å². The van der Waals surface area contributed by atoms with E-state index in [0.717, 1.165) is 13.1 Å². The summed E-state index contributed by atoms with van der Waals surface area (Å²) < 4.78 is 5.13. The molecule has 1 aromatic carbocycles. The minimum Gasteiger partial charge on any atom is -0.338 e. The molecular weight excluding hydrogens is 304 g/mol. The molecule has 0 saturated carbocycles. The van der Waals surface area contributed by atoms with Crippen molar-refractivity contribution in [3.05, 3.63) is 46.6 Å². The van der Waals surface area contributed by atoms with E-state index < -0.39 is 0 Å². The molecular formula is C15H17ClN4O2. The fraction of sp³-hybridized carbons (Fsp3) is 0.400. The second-order valence-electron chi connectivity index (χ2n) is 5.31. The van der Waals surface area contributed by atoms with Gasteiger partial charge in [0.15, 0.2) is 5.82 Å². The lowest BCUT2D eigenvalue weighted by Gasteiger charge is -2.34. The fourth-order valence-electron chi connectivity index (χ4n) is 2.51. The van der Waals surface area contributed by atoms with Crippen molar-refractivity contribution < 1.29 is 9.32 Å². The van der Waals surface area contributed by atoms with Crippen molar-refractivity contribution in [3.8, 4) is 0 Å². The Morgan fingerprint density at radius 1 is 1.32 bits per heavy atom. The molecule has 0 radical (unpaired) electrons. The van der Waals surface area contributed by atoms with Crippen molar-refractivity contribution in [3.63, 3.8) is 0 Å². The zero-order valence-electron chi connectivity index (χ0n) is 12.3. The van der Waals surface area contributed by atoms with E-state index in [1.54, 1.807) is 31.2 Å². The molecule has 1 aromatic heterocycles. The Morgan fingerprint density at radius 3 is 2.73 bits per heavy atom. The molecule has 1 amide bonds. The molecule has 22 heavy (non-hydrogen) atoms. The Balaban J connectivity index is 1.56. The Bertz CT molecular complexity index is 665. The first-order valence-corrected chi connectivity index (χ1v) is 7.56. The topological polar surface area (TPSA) is 62.5 Å². The van der Waals surface area contributed by atoms with Gasteiger partial charge in [-0.25, -0.2) is 0 Å². The third-order valence-corrected chi connectivity index (χ3v) is 3.89. The van der Waals surface area contributed by atoms with Crippen molar-refractivity contribution in [1.29, 1.82) is 0 Å². The van der Waals surface area contributed by atoms with Crippen molar-refractivity contribution in [1.82, 2.24) is 19.9 Å². The average molecular weight is 321 g/mol. The van der Waals surface area contributed by atoms with Crippen molar-refractivity contribution >= 4 is 17.5 Å². The summed E-state index contributed by atoms with van der Waals surface area (Å²) in [5.41, 5.74) is 0.633. The second kappa shape index (κ2) is 6.46. The molecule has 0 bridgehead atoms. The smallest absolute Gasteiger partial charge is 0.253 e. The van der Waals surface area contributed by atoms with Gasteiger partial charge in [-0.3, -0.25) is 9.69 Å². The first-order valence-electron chi connectivity index (χ1n) is 7.18. The molecule has 1 aliphatic rings. The summed E-state index contributed by atoms with van der Waals surface area (Å²) in [7, 11) is 0. The summed E-state index contributed by atoms with van der Waals surface area (Å²) in [4.78, 5) is 20.7. The summed E-state index contributed by atoms with van der Waals surface area (Å²) in [6.45, 7) is 5.35. The van der Waals surface area contributed by atoms with Crippen LogP contribution in [-0.4, -0.2) is 52.0 Å². The van der Waals surface area contributed by atoms with Crippen LogP contribution in [0.1, 0.15) is 22.1 Å². The summed E-state index contributed by atoms with van der Waals surface area (Å²) in [6, 6.07) is 7.06. The van der Waals surface area contributed by atoms with Crippen molar-refractivity contribution in [2.24, 2.45) is 0 Å². The van der Waals surface area contributed by atoms with Crippen molar-refractivity contribution in [2.45, 2.75) is 13.5 Å². The summed E-state index contributed by atoms with van der Waals surface area (Å²) in [5, 5.41) is 4.36. The van der Waals surface area contributed by atoms with E-state index >= 15 is 0 Å².